The largest absolute Gasteiger partial charge is 0.381 e. The van der Waals surface area contributed by atoms with E-state index in [2.05, 4.69) is 19.2 Å². The van der Waals surface area contributed by atoms with E-state index in [-0.39, 0.29) is 5.60 Å². The summed E-state index contributed by atoms with van der Waals surface area (Å²) in [4.78, 5) is 0. The van der Waals surface area contributed by atoms with Gasteiger partial charge in [0.15, 0.2) is 0 Å². The van der Waals surface area contributed by atoms with Crippen LogP contribution >= 0.6 is 11.6 Å². The Balaban J connectivity index is 2.02. The van der Waals surface area contributed by atoms with E-state index in [0.29, 0.717) is 6.04 Å². The van der Waals surface area contributed by atoms with Crippen LogP contribution in [0.25, 0.3) is 0 Å². The van der Waals surface area contributed by atoms with Gasteiger partial charge in [0, 0.05) is 12.6 Å². The van der Waals surface area contributed by atoms with Crippen molar-refractivity contribution in [2.75, 3.05) is 11.9 Å². The lowest BCUT2D eigenvalue weighted by Gasteiger charge is -2.38. The van der Waals surface area contributed by atoms with Gasteiger partial charge in [-0.25, -0.2) is 0 Å². The molecule has 3 heteroatoms. The van der Waals surface area contributed by atoms with Gasteiger partial charge in [-0.1, -0.05) is 30.7 Å². The quantitative estimate of drug-likeness (QED) is 0.876. The van der Waals surface area contributed by atoms with Crippen LogP contribution in [0.2, 0.25) is 5.02 Å². The molecule has 0 bridgehead atoms. The molecular weight excluding hydrogens is 234 g/mol. The molecule has 1 aromatic rings. The second kappa shape index (κ2) is 5.28. The predicted octanol–water partition coefficient (Wildman–Crippen LogP) is 4.10. The first-order chi connectivity index (χ1) is 8.13. The Bertz CT molecular complexity index is 382. The van der Waals surface area contributed by atoms with Gasteiger partial charge in [0.25, 0.3) is 0 Å². The highest BCUT2D eigenvalue weighted by molar-refractivity contribution is 6.33. The molecule has 2 rings (SSSR count). The minimum atomic E-state index is 0.0111. The maximum atomic E-state index is 6.15. The lowest BCUT2D eigenvalue weighted by molar-refractivity contribution is -0.0708. The van der Waals surface area contributed by atoms with Crippen LogP contribution in [-0.4, -0.2) is 18.2 Å². The molecule has 1 aliphatic heterocycles. The number of ether oxygens (including phenoxy) is 1. The van der Waals surface area contributed by atoms with Crippen LogP contribution in [0.15, 0.2) is 24.3 Å². The molecule has 94 valence electrons. The summed E-state index contributed by atoms with van der Waals surface area (Å²) in [6.07, 6.45) is 3.13. The minimum absolute atomic E-state index is 0.0111. The van der Waals surface area contributed by atoms with Gasteiger partial charge in [-0.05, 0) is 38.3 Å². The minimum Gasteiger partial charge on any atom is -0.381 e. The van der Waals surface area contributed by atoms with Crippen LogP contribution in [0.1, 0.15) is 33.1 Å². The first-order valence-electron chi connectivity index (χ1n) is 6.28. The molecule has 0 aromatic heterocycles. The predicted molar refractivity (Wildman–Crippen MR) is 72.7 cm³/mol. The SMILES string of the molecule is CCC1(C)CC(Nc2ccccc2Cl)CCO1. The van der Waals surface area contributed by atoms with Gasteiger partial charge in [-0.3, -0.25) is 0 Å². The molecule has 17 heavy (non-hydrogen) atoms. The Hall–Kier alpha value is -0.730. The molecule has 0 aliphatic carbocycles. The topological polar surface area (TPSA) is 21.3 Å². The third-order valence-corrected chi connectivity index (χ3v) is 3.91. The zero-order valence-corrected chi connectivity index (χ0v) is 11.3. The molecular formula is C14H20ClNO. The summed E-state index contributed by atoms with van der Waals surface area (Å²) in [7, 11) is 0. The second-order valence-electron chi connectivity index (χ2n) is 4.97. The third-order valence-electron chi connectivity index (χ3n) is 3.58. The Morgan fingerprint density at radius 1 is 1.47 bits per heavy atom. The van der Waals surface area contributed by atoms with Crippen molar-refractivity contribution in [2.45, 2.75) is 44.8 Å². The molecule has 0 amide bonds. The smallest absolute Gasteiger partial charge is 0.0671 e. The summed E-state index contributed by atoms with van der Waals surface area (Å²) in [5.41, 5.74) is 1.04. The van der Waals surface area contributed by atoms with Crippen LogP contribution in [-0.2, 0) is 4.74 Å². The number of anilines is 1. The molecule has 0 spiro atoms. The molecule has 2 atom stereocenters. The average molecular weight is 254 g/mol. The van der Waals surface area contributed by atoms with Crippen molar-refractivity contribution in [1.29, 1.82) is 0 Å². The number of halogens is 1. The first kappa shape index (κ1) is 12.7. The summed E-state index contributed by atoms with van der Waals surface area (Å²) in [5, 5.41) is 4.32. The number of hydrogen-bond acceptors (Lipinski definition) is 2. The molecule has 1 saturated heterocycles. The number of para-hydroxylation sites is 1. The standard InChI is InChI=1S/C14H20ClNO/c1-3-14(2)10-11(8-9-17-14)16-13-7-5-4-6-12(13)15/h4-7,11,16H,3,8-10H2,1-2H3. The van der Waals surface area contributed by atoms with Crippen molar-refractivity contribution in [1.82, 2.24) is 0 Å². The third kappa shape index (κ3) is 3.14. The van der Waals surface area contributed by atoms with Crippen molar-refractivity contribution in [3.05, 3.63) is 29.3 Å². The Morgan fingerprint density at radius 2 is 2.24 bits per heavy atom. The summed E-state index contributed by atoms with van der Waals surface area (Å²) in [6.45, 7) is 5.19. The fourth-order valence-corrected chi connectivity index (χ4v) is 2.49. The van der Waals surface area contributed by atoms with E-state index in [1.165, 1.54) is 0 Å². The fourth-order valence-electron chi connectivity index (χ4n) is 2.30. The first-order valence-corrected chi connectivity index (χ1v) is 6.66. The lowest BCUT2D eigenvalue weighted by Crippen LogP contribution is -2.41. The lowest BCUT2D eigenvalue weighted by atomic mass is 9.90. The second-order valence-corrected chi connectivity index (χ2v) is 5.37. The van der Waals surface area contributed by atoms with E-state index in [1.807, 2.05) is 24.3 Å². The van der Waals surface area contributed by atoms with Crippen LogP contribution < -0.4 is 5.32 Å². The number of nitrogens with one attached hydrogen (secondary N) is 1. The van der Waals surface area contributed by atoms with Gasteiger partial charge < -0.3 is 10.1 Å². The molecule has 2 nitrogen and oxygen atoms in total. The summed E-state index contributed by atoms with van der Waals surface area (Å²) in [6, 6.07) is 8.36. The normalized spacial score (nSPS) is 29.0. The number of hydrogen-bond donors (Lipinski definition) is 1. The van der Waals surface area contributed by atoms with Crippen molar-refractivity contribution in [3.63, 3.8) is 0 Å². The zero-order valence-electron chi connectivity index (χ0n) is 10.5. The summed E-state index contributed by atoms with van der Waals surface area (Å²) < 4.78 is 5.84. The highest BCUT2D eigenvalue weighted by Gasteiger charge is 2.31. The maximum absolute atomic E-state index is 6.15. The van der Waals surface area contributed by atoms with Gasteiger partial charge >= 0.3 is 0 Å². The van der Waals surface area contributed by atoms with Crippen LogP contribution in [0.4, 0.5) is 5.69 Å². The van der Waals surface area contributed by atoms with Crippen molar-refractivity contribution < 1.29 is 4.74 Å². The van der Waals surface area contributed by atoms with Gasteiger partial charge in [0.1, 0.15) is 0 Å². The molecule has 2 unspecified atom stereocenters. The summed E-state index contributed by atoms with van der Waals surface area (Å²) in [5.74, 6) is 0. The van der Waals surface area contributed by atoms with Gasteiger partial charge in [-0.15, -0.1) is 0 Å². The molecule has 1 heterocycles. The number of benzene rings is 1. The maximum Gasteiger partial charge on any atom is 0.0671 e. The fraction of sp³-hybridized carbons (Fsp3) is 0.571. The van der Waals surface area contributed by atoms with Crippen molar-refractivity contribution in [3.8, 4) is 0 Å². The van der Waals surface area contributed by atoms with E-state index in [9.17, 15) is 0 Å². The molecule has 1 aliphatic rings. The van der Waals surface area contributed by atoms with E-state index in [4.69, 9.17) is 16.3 Å². The zero-order chi connectivity index (χ0) is 12.3. The monoisotopic (exact) mass is 253 g/mol. The Labute approximate surface area is 108 Å². The van der Waals surface area contributed by atoms with Crippen molar-refractivity contribution >= 4 is 17.3 Å². The van der Waals surface area contributed by atoms with Crippen LogP contribution in [0.3, 0.4) is 0 Å². The van der Waals surface area contributed by atoms with Crippen molar-refractivity contribution in [2.24, 2.45) is 0 Å². The van der Waals surface area contributed by atoms with E-state index < -0.39 is 0 Å². The molecule has 0 radical (unpaired) electrons. The van der Waals surface area contributed by atoms with Gasteiger partial charge in [-0.2, -0.15) is 0 Å². The molecule has 0 saturated carbocycles. The Morgan fingerprint density at radius 3 is 2.94 bits per heavy atom. The van der Waals surface area contributed by atoms with E-state index >= 15 is 0 Å². The highest BCUT2D eigenvalue weighted by atomic mass is 35.5. The van der Waals surface area contributed by atoms with E-state index in [1.54, 1.807) is 0 Å². The van der Waals surface area contributed by atoms with Crippen LogP contribution in [0, 0.1) is 0 Å². The summed E-state index contributed by atoms with van der Waals surface area (Å²) >= 11 is 6.15. The number of rotatable bonds is 3. The Kier molecular flexibility index (Phi) is 3.95. The molecule has 1 aromatic carbocycles. The van der Waals surface area contributed by atoms with Gasteiger partial charge in [0.05, 0.1) is 16.3 Å². The van der Waals surface area contributed by atoms with Gasteiger partial charge in [0.2, 0.25) is 0 Å². The van der Waals surface area contributed by atoms with E-state index in [0.717, 1.165) is 36.6 Å². The highest BCUT2D eigenvalue weighted by Crippen LogP contribution is 2.31. The average Bonchev–Trinajstić information content (AvgIpc) is 2.32. The van der Waals surface area contributed by atoms with Crippen LogP contribution in [0.5, 0.6) is 0 Å². The molecule has 1 N–H and O–H groups in total. The molecule has 1 fully saturated rings.